The summed E-state index contributed by atoms with van der Waals surface area (Å²) in [6.07, 6.45) is 0. The van der Waals surface area contributed by atoms with E-state index in [9.17, 15) is 17.6 Å². The second-order valence-corrected chi connectivity index (χ2v) is 7.48. The number of benzene rings is 2. The van der Waals surface area contributed by atoms with E-state index in [1.165, 1.54) is 12.1 Å². The van der Waals surface area contributed by atoms with Crippen LogP contribution < -0.4 is 4.31 Å². The smallest absolute Gasteiger partial charge is 0.326 e. The lowest BCUT2D eigenvalue weighted by atomic mass is 10.1. The summed E-state index contributed by atoms with van der Waals surface area (Å²) in [4.78, 5) is 11.8. The van der Waals surface area contributed by atoms with Gasteiger partial charge in [0, 0.05) is 0 Å². The van der Waals surface area contributed by atoms with Crippen LogP contribution in [0.1, 0.15) is 18.1 Å². The van der Waals surface area contributed by atoms with Gasteiger partial charge in [-0.3, -0.25) is 9.10 Å². The van der Waals surface area contributed by atoms with Gasteiger partial charge >= 0.3 is 5.97 Å². The van der Waals surface area contributed by atoms with E-state index in [1.54, 1.807) is 19.1 Å². The average molecular weight is 365 g/mol. The number of hydrogen-bond donors (Lipinski definition) is 0. The van der Waals surface area contributed by atoms with E-state index in [0.29, 0.717) is 5.69 Å². The molecule has 0 N–H and O–H groups in total. The molecule has 0 amide bonds. The maximum Gasteiger partial charge on any atom is 0.326 e. The number of rotatable bonds is 6. The molecule has 2 aromatic rings. The number of carbonyl (C=O) groups excluding carboxylic acids is 1. The molecule has 0 aliphatic heterocycles. The second-order valence-electron chi connectivity index (χ2n) is 5.62. The number of halogens is 1. The number of nitrogens with zero attached hydrogens (tertiary/aromatic N) is 1. The fourth-order valence-electron chi connectivity index (χ4n) is 2.47. The number of aryl methyl sites for hydroxylation is 2. The predicted octanol–water partition coefficient (Wildman–Crippen LogP) is 3.20. The van der Waals surface area contributed by atoms with Crippen molar-refractivity contribution in [3.63, 3.8) is 0 Å². The minimum Gasteiger partial charge on any atom is -0.465 e. The molecule has 2 rings (SSSR count). The Morgan fingerprint density at radius 3 is 2.16 bits per heavy atom. The van der Waals surface area contributed by atoms with Crippen LogP contribution in [0.25, 0.3) is 0 Å². The van der Waals surface area contributed by atoms with Crippen molar-refractivity contribution in [2.45, 2.75) is 25.7 Å². The third-order valence-electron chi connectivity index (χ3n) is 3.47. The monoisotopic (exact) mass is 365 g/mol. The summed E-state index contributed by atoms with van der Waals surface area (Å²) < 4.78 is 45.0. The van der Waals surface area contributed by atoms with Crippen LogP contribution in [0.2, 0.25) is 0 Å². The molecule has 0 atom stereocenters. The Morgan fingerprint density at radius 2 is 1.64 bits per heavy atom. The van der Waals surface area contributed by atoms with E-state index in [4.69, 9.17) is 4.74 Å². The molecule has 134 valence electrons. The lowest BCUT2D eigenvalue weighted by molar-refractivity contribution is -0.141. The van der Waals surface area contributed by atoms with E-state index in [2.05, 4.69) is 0 Å². The molecule has 5 nitrogen and oxygen atoms in total. The third-order valence-corrected chi connectivity index (χ3v) is 5.26. The van der Waals surface area contributed by atoms with Gasteiger partial charge in [-0.1, -0.05) is 6.07 Å². The highest BCUT2D eigenvalue weighted by atomic mass is 32.2. The van der Waals surface area contributed by atoms with Crippen LogP contribution >= 0.6 is 0 Å². The van der Waals surface area contributed by atoms with Gasteiger partial charge in [0.05, 0.1) is 17.2 Å². The molecule has 25 heavy (non-hydrogen) atoms. The molecule has 0 aromatic heterocycles. The fraction of sp³-hybridized carbons (Fsp3) is 0.278. The summed E-state index contributed by atoms with van der Waals surface area (Å²) in [6.45, 7) is 5.01. The predicted molar refractivity (Wildman–Crippen MR) is 93.5 cm³/mol. The average Bonchev–Trinajstić information content (AvgIpc) is 2.52. The molecule has 0 heterocycles. The first-order valence-electron chi connectivity index (χ1n) is 7.76. The van der Waals surface area contributed by atoms with Gasteiger partial charge in [-0.15, -0.1) is 0 Å². The van der Waals surface area contributed by atoms with Crippen LogP contribution in [0.4, 0.5) is 10.1 Å². The Balaban J connectivity index is 2.53. The number of ether oxygens (including phenoxy) is 1. The van der Waals surface area contributed by atoms with Gasteiger partial charge in [0.1, 0.15) is 12.4 Å². The Labute approximate surface area is 147 Å². The minimum absolute atomic E-state index is 0.0997. The van der Waals surface area contributed by atoms with Crippen molar-refractivity contribution < 1.29 is 22.3 Å². The largest absolute Gasteiger partial charge is 0.465 e. The van der Waals surface area contributed by atoms with E-state index in [1.807, 2.05) is 19.9 Å². The molecule has 7 heteroatoms. The Morgan fingerprint density at radius 1 is 1.08 bits per heavy atom. The number of carbonyl (C=O) groups is 1. The zero-order valence-electron chi connectivity index (χ0n) is 14.3. The van der Waals surface area contributed by atoms with Gasteiger partial charge in [-0.2, -0.15) is 0 Å². The normalized spacial score (nSPS) is 11.2. The maximum absolute atomic E-state index is 13.1. The summed E-state index contributed by atoms with van der Waals surface area (Å²) in [5.41, 5.74) is 2.08. The van der Waals surface area contributed by atoms with Crippen molar-refractivity contribution in [1.82, 2.24) is 0 Å². The number of sulfonamides is 1. The molecule has 0 unspecified atom stereocenters. The van der Waals surface area contributed by atoms with Crippen LogP contribution in [0.15, 0.2) is 47.4 Å². The third kappa shape index (κ3) is 4.57. The molecule has 0 spiro atoms. The number of anilines is 1. The van der Waals surface area contributed by atoms with E-state index in [-0.39, 0.29) is 11.5 Å². The van der Waals surface area contributed by atoms with Crippen molar-refractivity contribution in [3.8, 4) is 0 Å². The molecule has 0 aliphatic carbocycles. The van der Waals surface area contributed by atoms with Gasteiger partial charge < -0.3 is 4.74 Å². The molecule has 0 bridgehead atoms. The SMILES string of the molecule is CCOC(=O)CN(c1cc(C)cc(C)c1)S(=O)(=O)c1ccc(F)cc1. The van der Waals surface area contributed by atoms with Gasteiger partial charge in [0.15, 0.2) is 0 Å². The molecule has 0 saturated carbocycles. The zero-order chi connectivity index (χ0) is 18.6. The first-order valence-corrected chi connectivity index (χ1v) is 9.20. The molecule has 0 aliphatic rings. The molecule has 2 aromatic carbocycles. The zero-order valence-corrected chi connectivity index (χ0v) is 15.1. The first-order chi connectivity index (χ1) is 11.7. The highest BCUT2D eigenvalue weighted by molar-refractivity contribution is 7.92. The van der Waals surface area contributed by atoms with Crippen LogP contribution in [0.3, 0.4) is 0 Å². The van der Waals surface area contributed by atoms with Crippen molar-refractivity contribution in [2.24, 2.45) is 0 Å². The minimum atomic E-state index is -4.05. The highest BCUT2D eigenvalue weighted by Crippen LogP contribution is 2.26. The first kappa shape index (κ1) is 18.9. The quantitative estimate of drug-likeness (QED) is 0.738. The Kier molecular flexibility index (Phi) is 5.79. The van der Waals surface area contributed by atoms with Crippen LogP contribution in [-0.2, 0) is 19.6 Å². The van der Waals surface area contributed by atoms with Crippen molar-refractivity contribution in [3.05, 3.63) is 59.4 Å². The summed E-state index contributed by atoms with van der Waals surface area (Å²) in [5.74, 6) is -1.20. The standard InChI is InChI=1S/C18H20FNO4S/c1-4-24-18(21)12-20(16-10-13(2)9-14(3)11-16)25(22,23)17-7-5-15(19)6-8-17/h5-11H,4,12H2,1-3H3. The molecular formula is C18H20FNO4S. The fourth-order valence-corrected chi connectivity index (χ4v) is 3.86. The van der Waals surface area contributed by atoms with Crippen molar-refractivity contribution >= 4 is 21.7 Å². The summed E-state index contributed by atoms with van der Waals surface area (Å²) in [5, 5.41) is 0. The number of esters is 1. The van der Waals surface area contributed by atoms with Gasteiger partial charge in [-0.25, -0.2) is 12.8 Å². The number of hydrogen-bond acceptors (Lipinski definition) is 4. The Hall–Kier alpha value is -2.41. The topological polar surface area (TPSA) is 63.7 Å². The van der Waals surface area contributed by atoms with Crippen LogP contribution in [-0.4, -0.2) is 27.5 Å². The van der Waals surface area contributed by atoms with E-state index in [0.717, 1.165) is 27.6 Å². The van der Waals surface area contributed by atoms with Crippen LogP contribution in [0.5, 0.6) is 0 Å². The van der Waals surface area contributed by atoms with Gasteiger partial charge in [-0.05, 0) is 68.3 Å². The maximum atomic E-state index is 13.1. The van der Waals surface area contributed by atoms with Crippen molar-refractivity contribution in [2.75, 3.05) is 17.5 Å². The van der Waals surface area contributed by atoms with E-state index < -0.39 is 28.4 Å². The lowest BCUT2D eigenvalue weighted by Gasteiger charge is -2.24. The van der Waals surface area contributed by atoms with Crippen LogP contribution in [0, 0.1) is 19.7 Å². The molecule has 0 fully saturated rings. The second kappa shape index (κ2) is 7.65. The summed E-state index contributed by atoms with van der Waals surface area (Å²) >= 11 is 0. The molecular weight excluding hydrogens is 345 g/mol. The lowest BCUT2D eigenvalue weighted by Crippen LogP contribution is -2.36. The highest BCUT2D eigenvalue weighted by Gasteiger charge is 2.28. The molecule has 0 saturated heterocycles. The van der Waals surface area contributed by atoms with Crippen molar-refractivity contribution in [1.29, 1.82) is 0 Å². The van der Waals surface area contributed by atoms with E-state index >= 15 is 0 Å². The van der Waals surface area contributed by atoms with Gasteiger partial charge in [0.2, 0.25) is 0 Å². The summed E-state index contributed by atoms with van der Waals surface area (Å²) in [6, 6.07) is 9.72. The van der Waals surface area contributed by atoms with Gasteiger partial charge in [0.25, 0.3) is 10.0 Å². The Bertz CT molecular complexity index is 843. The molecule has 0 radical (unpaired) electrons. The summed E-state index contributed by atoms with van der Waals surface area (Å²) in [7, 11) is -4.05.